The van der Waals surface area contributed by atoms with Crippen LogP contribution in [0.1, 0.15) is 45.4 Å². The molecule has 1 N–H and O–H groups in total. The zero-order valence-electron chi connectivity index (χ0n) is 18.5. The summed E-state index contributed by atoms with van der Waals surface area (Å²) in [5.41, 5.74) is 1.24. The van der Waals surface area contributed by atoms with Crippen LogP contribution in [0.25, 0.3) is 10.1 Å². The molecule has 2 atom stereocenters. The van der Waals surface area contributed by atoms with Crippen molar-refractivity contribution in [3.8, 4) is 0 Å². The van der Waals surface area contributed by atoms with E-state index in [0.717, 1.165) is 68.0 Å². The third kappa shape index (κ3) is 4.61. The first-order chi connectivity index (χ1) is 15.1. The maximum Gasteiger partial charge on any atom is 0.223 e. The highest BCUT2D eigenvalue weighted by Gasteiger charge is 2.38. The molecule has 0 unspecified atom stereocenters. The number of rotatable bonds is 5. The molecule has 1 aliphatic heterocycles. The molecule has 1 aromatic carbocycles. The Morgan fingerprint density at radius 2 is 1.87 bits per heavy atom. The lowest BCUT2D eigenvalue weighted by Gasteiger charge is -2.42. The second-order valence-electron chi connectivity index (χ2n) is 9.96. The Morgan fingerprint density at radius 1 is 1.10 bits per heavy atom. The minimum absolute atomic E-state index is 0.164. The highest BCUT2D eigenvalue weighted by atomic mass is 32.1. The molecule has 2 aromatic rings. The fraction of sp³-hybridized carbons (Fsp3) is 0.640. The van der Waals surface area contributed by atoms with Crippen molar-refractivity contribution in [2.24, 2.45) is 17.8 Å². The van der Waals surface area contributed by atoms with E-state index in [2.05, 4.69) is 27.4 Å². The van der Waals surface area contributed by atoms with E-state index in [0.29, 0.717) is 17.9 Å². The standard InChI is InChI=1S/C25H34FN3OS/c1-17-2-6-20(7-3-17)27-25(30)21-8-4-18(21)15-28-10-12-29(13-11-28)23-16-31-24-14-19(26)5-9-22(23)24/h5,9,14,16-18,20-21H,2-4,6-8,10-13,15H2,1H3,(H,27,30)/t17?,18-,20?,21+/m0/s1. The Hall–Kier alpha value is -1.66. The van der Waals surface area contributed by atoms with Crippen molar-refractivity contribution in [2.45, 2.75) is 51.5 Å². The zero-order valence-corrected chi connectivity index (χ0v) is 19.3. The average Bonchev–Trinajstić information content (AvgIpc) is 3.16. The molecule has 0 radical (unpaired) electrons. The summed E-state index contributed by atoms with van der Waals surface area (Å²) in [7, 11) is 0. The number of benzene rings is 1. The van der Waals surface area contributed by atoms with Gasteiger partial charge in [-0.1, -0.05) is 6.92 Å². The van der Waals surface area contributed by atoms with Crippen molar-refractivity contribution in [1.29, 1.82) is 0 Å². The van der Waals surface area contributed by atoms with Crippen LogP contribution in [0.3, 0.4) is 0 Å². The number of carbonyl (C=O) groups excluding carboxylic acids is 1. The number of carbonyl (C=O) groups is 1. The molecule has 2 heterocycles. The van der Waals surface area contributed by atoms with Gasteiger partial charge in [-0.2, -0.15) is 0 Å². The fourth-order valence-corrected chi connectivity index (χ4v) is 6.58. The molecule has 1 aromatic heterocycles. The van der Waals surface area contributed by atoms with Crippen molar-refractivity contribution in [3.05, 3.63) is 29.4 Å². The molecule has 2 saturated carbocycles. The Morgan fingerprint density at radius 3 is 2.58 bits per heavy atom. The van der Waals surface area contributed by atoms with E-state index in [1.165, 1.54) is 24.9 Å². The minimum Gasteiger partial charge on any atom is -0.368 e. The number of thiophene rings is 1. The Balaban J connectivity index is 1.11. The van der Waals surface area contributed by atoms with Gasteiger partial charge in [0.1, 0.15) is 5.82 Å². The maximum absolute atomic E-state index is 13.5. The lowest BCUT2D eigenvalue weighted by molar-refractivity contribution is -0.131. The Kier molecular flexibility index (Phi) is 6.20. The number of piperazine rings is 1. The monoisotopic (exact) mass is 443 g/mol. The second-order valence-corrected chi connectivity index (χ2v) is 10.9. The number of hydrogen-bond acceptors (Lipinski definition) is 4. The van der Waals surface area contributed by atoms with E-state index in [1.54, 1.807) is 23.5 Å². The molecule has 4 nitrogen and oxygen atoms in total. The van der Waals surface area contributed by atoms with E-state index in [9.17, 15) is 9.18 Å². The van der Waals surface area contributed by atoms with Crippen molar-refractivity contribution in [2.75, 3.05) is 37.6 Å². The molecule has 168 valence electrons. The van der Waals surface area contributed by atoms with Crippen LogP contribution in [0.5, 0.6) is 0 Å². The van der Waals surface area contributed by atoms with Gasteiger partial charge < -0.3 is 10.2 Å². The van der Waals surface area contributed by atoms with Gasteiger partial charge in [0.2, 0.25) is 5.91 Å². The summed E-state index contributed by atoms with van der Waals surface area (Å²) in [6, 6.07) is 5.51. The lowest BCUT2D eigenvalue weighted by Crippen LogP contribution is -2.52. The van der Waals surface area contributed by atoms with Crippen LogP contribution in [-0.4, -0.2) is 49.6 Å². The molecule has 3 aliphatic rings. The van der Waals surface area contributed by atoms with Crippen LogP contribution in [0.15, 0.2) is 23.6 Å². The summed E-state index contributed by atoms with van der Waals surface area (Å²) >= 11 is 1.62. The third-order valence-corrected chi connectivity index (χ3v) is 8.77. The number of fused-ring (bicyclic) bond motifs is 1. The van der Waals surface area contributed by atoms with Crippen LogP contribution in [-0.2, 0) is 4.79 Å². The van der Waals surface area contributed by atoms with Crippen LogP contribution in [0.4, 0.5) is 10.1 Å². The van der Waals surface area contributed by atoms with Gasteiger partial charge in [0.05, 0.1) is 5.69 Å². The number of anilines is 1. The van der Waals surface area contributed by atoms with Gasteiger partial charge in [-0.05, 0) is 68.6 Å². The number of amides is 1. The molecule has 0 bridgehead atoms. The van der Waals surface area contributed by atoms with Crippen LogP contribution >= 0.6 is 11.3 Å². The van der Waals surface area contributed by atoms with Crippen LogP contribution < -0.4 is 10.2 Å². The molecular weight excluding hydrogens is 409 g/mol. The van der Waals surface area contributed by atoms with Gasteiger partial charge in [0.15, 0.2) is 0 Å². The van der Waals surface area contributed by atoms with Crippen LogP contribution in [0, 0.1) is 23.6 Å². The summed E-state index contributed by atoms with van der Waals surface area (Å²) in [5, 5.41) is 6.69. The molecular formula is C25H34FN3OS. The zero-order chi connectivity index (χ0) is 21.4. The number of halogens is 1. The summed E-state index contributed by atoms with van der Waals surface area (Å²) in [4.78, 5) is 17.8. The molecule has 31 heavy (non-hydrogen) atoms. The highest BCUT2D eigenvalue weighted by Crippen LogP contribution is 2.37. The van der Waals surface area contributed by atoms with Gasteiger partial charge in [0.25, 0.3) is 0 Å². The average molecular weight is 444 g/mol. The smallest absolute Gasteiger partial charge is 0.223 e. The van der Waals surface area contributed by atoms with Crippen molar-refractivity contribution >= 4 is 33.0 Å². The molecule has 1 amide bonds. The topological polar surface area (TPSA) is 35.6 Å². The first kappa shape index (κ1) is 21.2. The number of nitrogens with one attached hydrogen (secondary N) is 1. The number of hydrogen-bond donors (Lipinski definition) is 1. The molecule has 0 spiro atoms. The van der Waals surface area contributed by atoms with Crippen molar-refractivity contribution < 1.29 is 9.18 Å². The Labute approximate surface area is 188 Å². The summed E-state index contributed by atoms with van der Waals surface area (Å²) in [6.07, 6.45) is 7.03. The van der Waals surface area contributed by atoms with Gasteiger partial charge >= 0.3 is 0 Å². The summed E-state index contributed by atoms with van der Waals surface area (Å²) < 4.78 is 14.5. The lowest BCUT2D eigenvalue weighted by atomic mass is 9.72. The SMILES string of the molecule is CC1CCC(NC(=O)[C@@H]2CC[C@H]2CN2CCN(c3csc4cc(F)ccc34)CC2)CC1. The van der Waals surface area contributed by atoms with E-state index in [1.807, 2.05) is 6.07 Å². The molecule has 2 aliphatic carbocycles. The van der Waals surface area contributed by atoms with E-state index in [4.69, 9.17) is 0 Å². The first-order valence-electron chi connectivity index (χ1n) is 12.0. The van der Waals surface area contributed by atoms with Gasteiger partial charge in [-0.3, -0.25) is 9.69 Å². The predicted octanol–water partition coefficient (Wildman–Crippen LogP) is 4.88. The molecule has 5 rings (SSSR count). The maximum atomic E-state index is 13.5. The normalized spacial score (nSPS) is 29.7. The van der Waals surface area contributed by atoms with E-state index >= 15 is 0 Å². The fourth-order valence-electron chi connectivity index (χ4n) is 5.58. The predicted molar refractivity (Wildman–Crippen MR) is 126 cm³/mol. The quantitative estimate of drug-likeness (QED) is 0.715. The minimum atomic E-state index is -0.164. The highest BCUT2D eigenvalue weighted by molar-refractivity contribution is 7.17. The van der Waals surface area contributed by atoms with Crippen molar-refractivity contribution in [3.63, 3.8) is 0 Å². The van der Waals surface area contributed by atoms with E-state index in [-0.39, 0.29) is 11.7 Å². The van der Waals surface area contributed by atoms with Crippen LogP contribution in [0.2, 0.25) is 0 Å². The number of nitrogens with zero attached hydrogens (tertiary/aromatic N) is 2. The molecule has 6 heteroatoms. The second kappa shape index (κ2) is 9.07. The van der Waals surface area contributed by atoms with Gasteiger partial charge in [-0.15, -0.1) is 11.3 Å². The third-order valence-electron chi connectivity index (χ3n) is 7.84. The van der Waals surface area contributed by atoms with Crippen molar-refractivity contribution in [1.82, 2.24) is 10.2 Å². The summed E-state index contributed by atoms with van der Waals surface area (Å²) in [6.45, 7) is 7.41. The molecule has 1 saturated heterocycles. The van der Waals surface area contributed by atoms with Gasteiger partial charge in [-0.25, -0.2) is 4.39 Å². The first-order valence-corrected chi connectivity index (χ1v) is 12.9. The largest absolute Gasteiger partial charge is 0.368 e. The summed E-state index contributed by atoms with van der Waals surface area (Å²) in [5.74, 6) is 1.69. The Bertz CT molecular complexity index is 915. The van der Waals surface area contributed by atoms with E-state index < -0.39 is 0 Å². The van der Waals surface area contributed by atoms with Gasteiger partial charge in [0, 0.05) is 60.1 Å². The molecule has 3 fully saturated rings.